The van der Waals surface area contributed by atoms with E-state index >= 15 is 0 Å². The smallest absolute Gasteiger partial charge is 0.234 e. The molecule has 7 heteroatoms. The largest absolute Gasteiger partial charge is 0.497 e. The summed E-state index contributed by atoms with van der Waals surface area (Å²) in [4.78, 5) is 22.3. The maximum Gasteiger partial charge on any atom is 0.234 e. The summed E-state index contributed by atoms with van der Waals surface area (Å²) in [6.07, 6.45) is 0.645. The van der Waals surface area contributed by atoms with E-state index in [4.69, 9.17) is 19.4 Å². The van der Waals surface area contributed by atoms with Gasteiger partial charge in [0, 0.05) is 12.5 Å². The lowest BCUT2D eigenvalue weighted by atomic mass is 10.1. The summed E-state index contributed by atoms with van der Waals surface area (Å²) in [5.41, 5.74) is 4.21. The van der Waals surface area contributed by atoms with Crippen LogP contribution in [0.25, 0.3) is 11.0 Å². The topological polar surface area (TPSA) is 73.3 Å². The van der Waals surface area contributed by atoms with E-state index in [9.17, 15) is 4.79 Å². The molecule has 6 nitrogen and oxygen atoms in total. The summed E-state index contributed by atoms with van der Waals surface area (Å²) in [5, 5.41) is 3.65. The van der Waals surface area contributed by atoms with Gasteiger partial charge >= 0.3 is 0 Å². The van der Waals surface area contributed by atoms with Gasteiger partial charge in [-0.3, -0.25) is 4.79 Å². The lowest BCUT2D eigenvalue weighted by Crippen LogP contribution is -2.15. The molecule has 32 heavy (non-hydrogen) atoms. The van der Waals surface area contributed by atoms with E-state index in [2.05, 4.69) is 17.4 Å². The fourth-order valence-electron chi connectivity index (χ4n) is 3.27. The monoisotopic (exact) mass is 445 g/mol. The summed E-state index contributed by atoms with van der Waals surface area (Å²) >= 11 is 1.37. The third-order valence-corrected chi connectivity index (χ3v) is 5.85. The molecule has 3 aromatic carbocycles. The number of para-hydroxylation sites is 2. The number of amides is 1. The molecule has 0 fully saturated rings. The number of nitrogens with one attached hydrogen (secondary N) is 1. The molecule has 0 bridgehead atoms. The molecule has 4 aromatic rings. The van der Waals surface area contributed by atoms with Crippen LogP contribution in [-0.4, -0.2) is 35.8 Å². The minimum atomic E-state index is -0.165. The highest BCUT2D eigenvalue weighted by Crippen LogP contribution is 2.30. The number of methoxy groups -OCH3 is 2. The van der Waals surface area contributed by atoms with Gasteiger partial charge in [-0.15, -0.1) is 0 Å². The number of thioether (sulfide) groups is 1. The average molecular weight is 446 g/mol. The minimum Gasteiger partial charge on any atom is -0.497 e. The fraction of sp³-hybridized carbons (Fsp3) is 0.160. The number of hydrogen-bond donors (Lipinski definition) is 1. The molecule has 4 rings (SSSR count). The quantitative estimate of drug-likeness (QED) is 0.386. The van der Waals surface area contributed by atoms with Gasteiger partial charge < -0.3 is 14.8 Å². The van der Waals surface area contributed by atoms with Crippen LogP contribution in [0.3, 0.4) is 0 Å². The second-order valence-corrected chi connectivity index (χ2v) is 7.99. The summed E-state index contributed by atoms with van der Waals surface area (Å²) in [6, 6.07) is 23.2. The van der Waals surface area contributed by atoms with E-state index in [1.807, 2.05) is 42.5 Å². The van der Waals surface area contributed by atoms with Crippen molar-refractivity contribution in [2.75, 3.05) is 25.3 Å². The van der Waals surface area contributed by atoms with Crippen LogP contribution in [0.5, 0.6) is 11.5 Å². The Morgan fingerprint density at radius 3 is 2.34 bits per heavy atom. The summed E-state index contributed by atoms with van der Waals surface area (Å²) in [7, 11) is 3.14. The van der Waals surface area contributed by atoms with Crippen molar-refractivity contribution < 1.29 is 14.3 Å². The van der Waals surface area contributed by atoms with Crippen molar-refractivity contribution in [1.82, 2.24) is 9.97 Å². The molecule has 1 N–H and O–H groups in total. The predicted octanol–water partition coefficient (Wildman–Crippen LogP) is 4.97. The highest BCUT2D eigenvalue weighted by Gasteiger charge is 2.14. The molecular formula is C25H23N3O3S. The van der Waals surface area contributed by atoms with Crippen molar-refractivity contribution in [3.05, 3.63) is 84.1 Å². The van der Waals surface area contributed by atoms with Gasteiger partial charge in [-0.25, -0.2) is 9.97 Å². The molecule has 0 saturated heterocycles. The lowest BCUT2D eigenvalue weighted by Gasteiger charge is -2.12. The molecular weight excluding hydrogens is 422 g/mol. The van der Waals surface area contributed by atoms with Gasteiger partial charge in [0.15, 0.2) is 0 Å². The molecule has 0 aliphatic rings. The molecule has 0 atom stereocenters. The van der Waals surface area contributed by atoms with Crippen LogP contribution in [0, 0.1) is 0 Å². The molecule has 1 heterocycles. The zero-order valence-electron chi connectivity index (χ0n) is 17.9. The number of rotatable bonds is 8. The van der Waals surface area contributed by atoms with E-state index in [0.29, 0.717) is 23.6 Å². The van der Waals surface area contributed by atoms with E-state index in [1.54, 1.807) is 32.4 Å². The van der Waals surface area contributed by atoms with Crippen molar-refractivity contribution in [2.45, 2.75) is 11.4 Å². The van der Waals surface area contributed by atoms with Gasteiger partial charge in [-0.1, -0.05) is 54.2 Å². The minimum absolute atomic E-state index is 0.165. The number of carbonyl (C=O) groups excluding carboxylic acids is 1. The van der Waals surface area contributed by atoms with Crippen LogP contribution >= 0.6 is 11.8 Å². The number of fused-ring (bicyclic) bond motifs is 1. The molecule has 162 valence electrons. The van der Waals surface area contributed by atoms with E-state index in [-0.39, 0.29) is 11.7 Å². The zero-order chi connectivity index (χ0) is 22.3. The molecule has 0 radical (unpaired) electrons. The molecule has 1 amide bonds. The first-order valence-electron chi connectivity index (χ1n) is 10.1. The molecule has 0 aliphatic heterocycles. The van der Waals surface area contributed by atoms with Crippen LogP contribution in [0.2, 0.25) is 0 Å². The maximum absolute atomic E-state index is 12.7. The summed E-state index contributed by atoms with van der Waals surface area (Å²) in [5.74, 6) is 1.23. The van der Waals surface area contributed by atoms with E-state index in [1.165, 1.54) is 11.8 Å². The Morgan fingerprint density at radius 2 is 1.62 bits per heavy atom. The van der Waals surface area contributed by atoms with Crippen LogP contribution in [0.4, 0.5) is 5.69 Å². The Kier molecular flexibility index (Phi) is 6.87. The van der Waals surface area contributed by atoms with Crippen molar-refractivity contribution >= 4 is 34.4 Å². The maximum atomic E-state index is 12.7. The number of nitrogens with zero attached hydrogens (tertiary/aromatic N) is 2. The standard InChI is InChI=1S/C25H23N3O3S/c1-30-18-12-13-23(31-2)21(15-18)27-24(29)16-32-25-22(14-17-8-4-3-5-9-17)26-19-10-6-7-11-20(19)28-25/h3-13,15H,14,16H2,1-2H3,(H,27,29). The molecule has 1 aromatic heterocycles. The third-order valence-electron chi connectivity index (χ3n) is 4.84. The highest BCUT2D eigenvalue weighted by atomic mass is 32.2. The Bertz CT molecular complexity index is 1230. The van der Waals surface area contributed by atoms with E-state index < -0.39 is 0 Å². The Labute approximate surface area is 191 Å². The van der Waals surface area contributed by atoms with Gasteiger partial charge in [0.1, 0.15) is 16.5 Å². The van der Waals surface area contributed by atoms with Crippen LogP contribution in [0.15, 0.2) is 77.8 Å². The molecule has 0 aliphatic carbocycles. The Morgan fingerprint density at radius 1 is 0.906 bits per heavy atom. The average Bonchev–Trinajstić information content (AvgIpc) is 2.83. The van der Waals surface area contributed by atoms with Crippen molar-refractivity contribution in [2.24, 2.45) is 0 Å². The predicted molar refractivity (Wildman–Crippen MR) is 128 cm³/mol. The fourth-order valence-corrected chi connectivity index (χ4v) is 4.06. The van der Waals surface area contributed by atoms with Gasteiger partial charge in [0.2, 0.25) is 5.91 Å². The number of carbonyl (C=O) groups is 1. The number of anilines is 1. The second-order valence-electron chi connectivity index (χ2n) is 7.03. The van der Waals surface area contributed by atoms with Crippen LogP contribution < -0.4 is 14.8 Å². The molecule has 0 spiro atoms. The second kappa shape index (κ2) is 10.2. The number of hydrogen-bond acceptors (Lipinski definition) is 6. The third kappa shape index (κ3) is 5.18. The number of aromatic nitrogens is 2. The lowest BCUT2D eigenvalue weighted by molar-refractivity contribution is -0.113. The molecule has 0 unspecified atom stereocenters. The first kappa shape index (κ1) is 21.6. The normalized spacial score (nSPS) is 10.7. The van der Waals surface area contributed by atoms with Gasteiger partial charge in [-0.2, -0.15) is 0 Å². The van der Waals surface area contributed by atoms with Gasteiger partial charge in [0.05, 0.1) is 42.4 Å². The van der Waals surface area contributed by atoms with Crippen LogP contribution in [-0.2, 0) is 11.2 Å². The first-order chi connectivity index (χ1) is 15.7. The van der Waals surface area contributed by atoms with Gasteiger partial charge in [-0.05, 0) is 29.8 Å². The van der Waals surface area contributed by atoms with Crippen molar-refractivity contribution in [3.63, 3.8) is 0 Å². The summed E-state index contributed by atoms with van der Waals surface area (Å²) in [6.45, 7) is 0. The number of ether oxygens (including phenoxy) is 2. The first-order valence-corrected chi connectivity index (χ1v) is 11.1. The van der Waals surface area contributed by atoms with Gasteiger partial charge in [0.25, 0.3) is 0 Å². The Hall–Kier alpha value is -3.58. The zero-order valence-corrected chi connectivity index (χ0v) is 18.7. The SMILES string of the molecule is COc1ccc(OC)c(NC(=O)CSc2nc3ccccc3nc2Cc2ccccc2)c1. The van der Waals surface area contributed by atoms with Crippen molar-refractivity contribution in [1.29, 1.82) is 0 Å². The summed E-state index contributed by atoms with van der Waals surface area (Å²) < 4.78 is 10.6. The number of benzene rings is 3. The van der Waals surface area contributed by atoms with Crippen LogP contribution in [0.1, 0.15) is 11.3 Å². The van der Waals surface area contributed by atoms with Crippen molar-refractivity contribution in [3.8, 4) is 11.5 Å². The molecule has 0 saturated carbocycles. The Balaban J connectivity index is 1.54. The highest BCUT2D eigenvalue weighted by molar-refractivity contribution is 8.00. The van der Waals surface area contributed by atoms with E-state index in [0.717, 1.165) is 27.3 Å².